The molecule has 2 fully saturated rings. The zero-order chi connectivity index (χ0) is 17.6. The van der Waals surface area contributed by atoms with Gasteiger partial charge in [0.05, 0.1) is 0 Å². The van der Waals surface area contributed by atoms with Crippen molar-refractivity contribution in [2.75, 3.05) is 32.0 Å². The number of aryl methyl sites for hydroxylation is 1. The third kappa shape index (κ3) is 5.56. The van der Waals surface area contributed by atoms with Gasteiger partial charge < -0.3 is 15.5 Å². The van der Waals surface area contributed by atoms with E-state index in [9.17, 15) is 4.79 Å². The number of rotatable bonds is 4. The summed E-state index contributed by atoms with van der Waals surface area (Å²) in [7, 11) is 1.82. The fourth-order valence-corrected chi connectivity index (χ4v) is 4.02. The van der Waals surface area contributed by atoms with Crippen molar-refractivity contribution >= 4 is 41.7 Å². The van der Waals surface area contributed by atoms with Gasteiger partial charge in [-0.1, -0.05) is 18.9 Å². The van der Waals surface area contributed by atoms with Crippen molar-refractivity contribution < 1.29 is 4.79 Å². The van der Waals surface area contributed by atoms with Crippen LogP contribution in [0.15, 0.2) is 23.2 Å². The van der Waals surface area contributed by atoms with Crippen molar-refractivity contribution in [2.45, 2.75) is 39.0 Å². The number of halogens is 1. The molecular weight excluding hydrogens is 441 g/mol. The van der Waals surface area contributed by atoms with Crippen LogP contribution >= 0.6 is 24.0 Å². The van der Waals surface area contributed by atoms with E-state index in [2.05, 4.69) is 25.5 Å². The number of hydrogen-bond acceptors (Lipinski definition) is 3. The molecule has 7 heteroatoms. The Morgan fingerprint density at radius 3 is 2.58 bits per heavy atom. The molecule has 1 saturated carbocycles. The summed E-state index contributed by atoms with van der Waals surface area (Å²) in [6, 6.07) is 5.61. The number of fused-ring (bicyclic) bond motifs is 1. The largest absolute Gasteiger partial charge is 0.356 e. The summed E-state index contributed by atoms with van der Waals surface area (Å²) >= 11 is 0. The minimum atomic E-state index is -0.0313. The quantitative estimate of drug-likeness (QED) is 0.403. The number of nitrogens with zero attached hydrogens (tertiary/aromatic N) is 3. The SMILES string of the molecule is CN=C(NCCC(=O)Nc1cccc(C)n1)N1CC2CCCCC2C1.I. The first kappa shape index (κ1) is 20.9. The maximum absolute atomic E-state index is 12.1. The number of hydrogen-bond donors (Lipinski definition) is 2. The molecule has 2 unspecified atom stereocenters. The summed E-state index contributed by atoms with van der Waals surface area (Å²) in [5, 5.41) is 6.18. The van der Waals surface area contributed by atoms with Crippen molar-refractivity contribution in [2.24, 2.45) is 16.8 Å². The molecule has 6 nitrogen and oxygen atoms in total. The number of pyridine rings is 1. The first-order chi connectivity index (χ1) is 12.2. The molecule has 1 aromatic heterocycles. The lowest BCUT2D eigenvalue weighted by Gasteiger charge is -2.22. The molecule has 0 spiro atoms. The minimum absolute atomic E-state index is 0. The van der Waals surface area contributed by atoms with Gasteiger partial charge in [-0.3, -0.25) is 9.79 Å². The highest BCUT2D eigenvalue weighted by atomic mass is 127. The molecule has 0 radical (unpaired) electrons. The van der Waals surface area contributed by atoms with Crippen LogP contribution < -0.4 is 10.6 Å². The molecule has 1 aromatic rings. The fourth-order valence-electron chi connectivity index (χ4n) is 4.02. The lowest BCUT2D eigenvalue weighted by molar-refractivity contribution is -0.116. The molecule has 1 aliphatic heterocycles. The number of nitrogens with one attached hydrogen (secondary N) is 2. The first-order valence-corrected chi connectivity index (χ1v) is 9.35. The zero-order valence-corrected chi connectivity index (χ0v) is 18.0. The van der Waals surface area contributed by atoms with E-state index in [4.69, 9.17) is 0 Å². The molecule has 1 amide bonds. The third-order valence-corrected chi connectivity index (χ3v) is 5.28. The van der Waals surface area contributed by atoms with E-state index < -0.39 is 0 Å². The van der Waals surface area contributed by atoms with Crippen LogP contribution in [0.4, 0.5) is 5.82 Å². The second-order valence-electron chi connectivity index (χ2n) is 7.15. The number of carbonyl (C=O) groups excluding carboxylic acids is 1. The van der Waals surface area contributed by atoms with Gasteiger partial charge in [-0.25, -0.2) is 4.98 Å². The normalized spacial score (nSPS) is 22.4. The van der Waals surface area contributed by atoms with Gasteiger partial charge in [0.1, 0.15) is 5.82 Å². The number of aliphatic imine (C=N–C) groups is 1. The van der Waals surface area contributed by atoms with Crippen LogP contribution in [-0.4, -0.2) is 48.4 Å². The van der Waals surface area contributed by atoms with E-state index in [0.717, 1.165) is 36.6 Å². The molecule has 2 atom stereocenters. The lowest BCUT2D eigenvalue weighted by atomic mass is 9.82. The maximum atomic E-state index is 12.1. The van der Waals surface area contributed by atoms with E-state index in [1.165, 1.54) is 25.7 Å². The Labute approximate surface area is 173 Å². The summed E-state index contributed by atoms with van der Waals surface area (Å²) in [4.78, 5) is 23.1. The molecule has 2 N–H and O–H groups in total. The van der Waals surface area contributed by atoms with Crippen LogP contribution in [0.3, 0.4) is 0 Å². The van der Waals surface area contributed by atoms with Crippen LogP contribution in [0.25, 0.3) is 0 Å². The first-order valence-electron chi connectivity index (χ1n) is 9.35. The number of guanidine groups is 1. The van der Waals surface area contributed by atoms with Crippen molar-refractivity contribution in [3.8, 4) is 0 Å². The molecule has 0 aromatic carbocycles. The van der Waals surface area contributed by atoms with Gasteiger partial charge in [0, 0.05) is 38.8 Å². The van der Waals surface area contributed by atoms with Crippen molar-refractivity contribution in [1.82, 2.24) is 15.2 Å². The molecule has 144 valence electrons. The Morgan fingerprint density at radius 1 is 1.27 bits per heavy atom. The molecule has 2 heterocycles. The topological polar surface area (TPSA) is 69.6 Å². The molecule has 26 heavy (non-hydrogen) atoms. The maximum Gasteiger partial charge on any atom is 0.227 e. The van der Waals surface area contributed by atoms with Crippen LogP contribution in [0, 0.1) is 18.8 Å². The average Bonchev–Trinajstić information content (AvgIpc) is 3.02. The van der Waals surface area contributed by atoms with Crippen molar-refractivity contribution in [1.29, 1.82) is 0 Å². The predicted octanol–water partition coefficient (Wildman–Crippen LogP) is 3.03. The highest BCUT2D eigenvalue weighted by Gasteiger charge is 2.35. The predicted molar refractivity (Wildman–Crippen MR) is 116 cm³/mol. The number of aromatic nitrogens is 1. The number of amides is 1. The van der Waals surface area contributed by atoms with Crippen molar-refractivity contribution in [3.05, 3.63) is 23.9 Å². The van der Waals surface area contributed by atoms with Crippen LogP contribution in [-0.2, 0) is 4.79 Å². The Hall–Kier alpha value is -1.38. The smallest absolute Gasteiger partial charge is 0.227 e. The molecule has 1 saturated heterocycles. The van der Waals surface area contributed by atoms with Crippen LogP contribution in [0.5, 0.6) is 0 Å². The van der Waals surface area contributed by atoms with E-state index in [1.807, 2.05) is 32.2 Å². The summed E-state index contributed by atoms with van der Waals surface area (Å²) < 4.78 is 0. The Kier molecular flexibility index (Phi) is 8.12. The van der Waals surface area contributed by atoms with Crippen LogP contribution in [0.1, 0.15) is 37.8 Å². The standard InChI is InChI=1S/C19H29N5O.HI/c1-14-6-5-9-17(22-14)23-18(25)10-11-21-19(20-2)24-12-15-7-3-4-8-16(15)13-24;/h5-6,9,15-16H,3-4,7-8,10-13H2,1-2H3,(H,20,21)(H,22,23,25);1H. The van der Waals surface area contributed by atoms with Gasteiger partial charge in [0.25, 0.3) is 0 Å². The Balaban J connectivity index is 0.00000243. The highest BCUT2D eigenvalue weighted by molar-refractivity contribution is 14.0. The molecular formula is C19H30IN5O. The van der Waals surface area contributed by atoms with E-state index >= 15 is 0 Å². The zero-order valence-electron chi connectivity index (χ0n) is 15.7. The molecule has 2 aliphatic rings. The van der Waals surface area contributed by atoms with Gasteiger partial charge >= 0.3 is 0 Å². The highest BCUT2D eigenvalue weighted by Crippen LogP contribution is 2.35. The van der Waals surface area contributed by atoms with Gasteiger partial charge in [-0.2, -0.15) is 0 Å². The number of carbonyl (C=O) groups is 1. The van der Waals surface area contributed by atoms with Gasteiger partial charge in [0.2, 0.25) is 5.91 Å². The monoisotopic (exact) mass is 471 g/mol. The molecule has 1 aliphatic carbocycles. The molecule has 0 bridgehead atoms. The summed E-state index contributed by atoms with van der Waals surface area (Å²) in [5.41, 5.74) is 0.895. The van der Waals surface area contributed by atoms with Crippen molar-refractivity contribution in [3.63, 3.8) is 0 Å². The molecule has 3 rings (SSSR count). The van der Waals surface area contributed by atoms with Gasteiger partial charge in [0.15, 0.2) is 5.96 Å². The lowest BCUT2D eigenvalue weighted by Crippen LogP contribution is -2.41. The van der Waals surface area contributed by atoms with E-state index in [-0.39, 0.29) is 29.9 Å². The van der Waals surface area contributed by atoms with Gasteiger partial charge in [-0.15, -0.1) is 24.0 Å². The summed E-state index contributed by atoms with van der Waals surface area (Å²) in [6.07, 6.45) is 5.84. The average molecular weight is 471 g/mol. The summed E-state index contributed by atoms with van der Waals surface area (Å²) in [6.45, 7) is 4.69. The van der Waals surface area contributed by atoms with Gasteiger partial charge in [-0.05, 0) is 43.7 Å². The number of anilines is 1. The fraction of sp³-hybridized carbons (Fsp3) is 0.632. The van der Waals surface area contributed by atoms with E-state index in [0.29, 0.717) is 18.8 Å². The minimum Gasteiger partial charge on any atom is -0.356 e. The third-order valence-electron chi connectivity index (χ3n) is 5.28. The summed E-state index contributed by atoms with van der Waals surface area (Å²) in [5.74, 6) is 3.15. The number of likely N-dealkylation sites (tertiary alicyclic amines) is 1. The Morgan fingerprint density at radius 2 is 1.96 bits per heavy atom. The Bertz CT molecular complexity index is 622. The van der Waals surface area contributed by atoms with E-state index in [1.54, 1.807) is 0 Å². The second-order valence-corrected chi connectivity index (χ2v) is 7.15. The second kappa shape index (κ2) is 10.1. The van der Waals surface area contributed by atoms with Crippen LogP contribution in [0.2, 0.25) is 0 Å².